The third-order valence-corrected chi connectivity index (χ3v) is 35.4. The Morgan fingerprint density at radius 3 is 1.28 bits per heavy atom. The van der Waals surface area contributed by atoms with E-state index in [1.165, 1.54) is 91.2 Å². The number of hydrogen-bond donors (Lipinski definition) is 1. The number of aliphatic hydroxyl groups excluding tert-OH is 1. The molecule has 714 valence electrons. The summed E-state index contributed by atoms with van der Waals surface area (Å²) in [7, 11) is -1.74. The van der Waals surface area contributed by atoms with Crippen molar-refractivity contribution in [3.8, 4) is 0 Å². The molecule has 0 radical (unpaired) electrons. The van der Waals surface area contributed by atoms with Crippen molar-refractivity contribution in [3.05, 3.63) is 217 Å². The number of hydrogen-bond acceptors (Lipinski definition) is 20. The van der Waals surface area contributed by atoms with Crippen LogP contribution in [0.15, 0.2) is 170 Å². The number of likely N-dealkylation sites (N-methyl/N-ethyl adjacent to an activating group) is 1. The topological polar surface area (TPSA) is 263 Å². The Hall–Kier alpha value is -5.34. The van der Waals surface area contributed by atoms with Gasteiger partial charge in [-0.3, -0.25) is 14.4 Å². The second-order valence-electron chi connectivity index (χ2n) is 32.9. The summed E-state index contributed by atoms with van der Waals surface area (Å²) in [5, 5.41) is 11.1. The van der Waals surface area contributed by atoms with Crippen LogP contribution < -0.4 is 0 Å². The smallest absolute Gasteiger partial charge is 0.395 e. The van der Waals surface area contributed by atoms with Crippen LogP contribution in [0.3, 0.4) is 0 Å². The maximum absolute atomic E-state index is 15.8. The van der Waals surface area contributed by atoms with Gasteiger partial charge in [-0.05, 0) is 170 Å². The number of aromatic nitrogens is 6. The lowest BCUT2D eigenvalue weighted by Gasteiger charge is -2.37. The summed E-state index contributed by atoms with van der Waals surface area (Å²) in [5.74, 6) is -16.8. The first-order chi connectivity index (χ1) is 60.1. The van der Waals surface area contributed by atoms with Gasteiger partial charge in [0.05, 0.1) is 24.5 Å². The van der Waals surface area contributed by atoms with E-state index in [-0.39, 0.29) is 67.6 Å². The molecule has 8 atom stereocenters. The van der Waals surface area contributed by atoms with E-state index in [1.807, 2.05) is 102 Å². The Kier molecular flexibility index (Phi) is 41.1. The number of ketones is 1. The number of nitrogens with zero attached hydrogens (tertiary/aromatic N) is 7. The number of halogens is 19. The second-order valence-corrected chi connectivity index (χ2v) is 49.3. The molecule has 4 fully saturated rings. The molecular formula is C86H98Br5Cl3F10IN7O16Si2. The van der Waals surface area contributed by atoms with E-state index in [1.54, 1.807) is 104 Å². The number of benzene rings is 5. The highest BCUT2D eigenvalue weighted by Gasteiger charge is 2.61. The Labute approximate surface area is 819 Å². The van der Waals surface area contributed by atoms with Crippen LogP contribution in [0, 0.1) is 3.57 Å². The van der Waals surface area contributed by atoms with Crippen LogP contribution in [0.5, 0.6) is 0 Å². The van der Waals surface area contributed by atoms with Crippen molar-refractivity contribution in [3.63, 3.8) is 0 Å². The number of esters is 1. The molecule has 4 aliphatic rings. The summed E-state index contributed by atoms with van der Waals surface area (Å²) in [4.78, 5) is 71.0. The maximum Gasteiger partial charge on any atom is 0.395 e. The van der Waals surface area contributed by atoms with Crippen molar-refractivity contribution in [2.24, 2.45) is 0 Å². The van der Waals surface area contributed by atoms with E-state index in [0.717, 1.165) is 11.1 Å². The number of Topliss-reactive ketones (excluding diaryl/α,β-unsaturated/α-hetero) is 1. The Balaban J connectivity index is 0.000000252. The van der Waals surface area contributed by atoms with Crippen LogP contribution >= 0.6 is 137 Å². The molecule has 23 nitrogen and oxygen atoms in total. The minimum atomic E-state index is -3.54. The molecule has 0 unspecified atom stereocenters. The van der Waals surface area contributed by atoms with Gasteiger partial charge >= 0.3 is 17.0 Å². The molecule has 4 aromatic heterocycles. The predicted molar refractivity (Wildman–Crippen MR) is 500 cm³/mol. The first kappa shape index (κ1) is 113. The van der Waals surface area contributed by atoms with Crippen molar-refractivity contribution in [2.75, 3.05) is 40.6 Å². The van der Waals surface area contributed by atoms with Gasteiger partial charge in [-0.15, -0.1) is 0 Å². The molecule has 5 aromatic carbocycles. The van der Waals surface area contributed by atoms with Crippen molar-refractivity contribution in [1.29, 1.82) is 0 Å². The van der Waals surface area contributed by atoms with Crippen LogP contribution in [0.1, 0.15) is 135 Å². The summed E-state index contributed by atoms with van der Waals surface area (Å²) in [5.41, 5.74) is 0.167. The van der Waals surface area contributed by atoms with Crippen LogP contribution in [0.4, 0.5) is 43.9 Å². The predicted octanol–water partition coefficient (Wildman–Crippen LogP) is 24.7. The molecule has 1 amide bonds. The van der Waals surface area contributed by atoms with Gasteiger partial charge in [0, 0.05) is 96.1 Å². The van der Waals surface area contributed by atoms with Crippen molar-refractivity contribution < 1.29 is 120 Å². The molecule has 0 bridgehead atoms. The fraction of sp³-hybridized carbons (Fsp3) is 0.465. The molecule has 9 aromatic rings. The first-order valence-corrected chi connectivity index (χ1v) is 51.5. The van der Waals surface area contributed by atoms with Gasteiger partial charge in [0.25, 0.3) is 29.6 Å². The normalized spacial score (nSPS) is 19.3. The SMILES string of the molecule is Brc1ccccc1I.CC(C)(C)[Si](C)(C)OCC(F)(F)c1ccccc1Br.CC1(C)O[C@@H]2[C@H](O1)[C@@H](C(=O)c1ccc(Cl)cc1C(F)(F)CO[Si](C)(C)C(C)(C)C)O[C@H]2n1ccc2c(Cl)ncnc21.CCC(F)(F)c1ccccc1Br.CCOC(=O)C(F)(F)Br.CON(C)C(=O)[C@H]1O[C@@H](n2ccc3c(Cl)ncnc32)[C@@H]2OC(C)(C)O[C@@H]21.O=C=O.OCC(F)(F)c1ccccc1Br. The molecule has 44 heteroatoms. The molecule has 1 N–H and O–H groups in total. The summed E-state index contributed by atoms with van der Waals surface area (Å²) in [6.07, 6.45) is 0.0126. The van der Waals surface area contributed by atoms with Crippen LogP contribution in [0.25, 0.3) is 22.1 Å². The molecule has 0 aliphatic carbocycles. The molecule has 13 rings (SSSR count). The minimum absolute atomic E-state index is 0.0197. The third-order valence-electron chi connectivity index (χ3n) is 20.9. The zero-order valence-corrected chi connectivity index (χ0v) is 87.8. The van der Waals surface area contributed by atoms with Gasteiger partial charge in [0.1, 0.15) is 78.5 Å². The highest BCUT2D eigenvalue weighted by molar-refractivity contribution is 14.1. The van der Waals surface area contributed by atoms with E-state index < -0.39 is 143 Å². The molecule has 8 heterocycles. The van der Waals surface area contributed by atoms with Crippen molar-refractivity contribution in [1.82, 2.24) is 34.1 Å². The monoisotopic (exact) mass is 2360 g/mol. The van der Waals surface area contributed by atoms with Gasteiger partial charge in [-0.25, -0.2) is 38.6 Å². The van der Waals surface area contributed by atoms with E-state index in [9.17, 15) is 49.5 Å². The van der Waals surface area contributed by atoms with Crippen LogP contribution in [-0.4, -0.2) is 173 Å². The number of carbonyl (C=O) groups is 3. The van der Waals surface area contributed by atoms with Gasteiger partial charge < -0.3 is 56.3 Å². The number of ether oxygens (including phenoxy) is 7. The average Bonchev–Trinajstić information content (AvgIpc) is 1.51. The summed E-state index contributed by atoms with van der Waals surface area (Å²) in [6, 6.07) is 34.2. The highest BCUT2D eigenvalue weighted by Crippen LogP contribution is 2.50. The third kappa shape index (κ3) is 29.8. The minimum Gasteiger partial charge on any atom is -0.461 e. The number of hydroxylamine groups is 2. The molecule has 4 saturated heterocycles. The highest BCUT2D eigenvalue weighted by atomic mass is 127. The first-order valence-electron chi connectivity index (χ1n) is 39.5. The molecule has 4 aliphatic heterocycles. The van der Waals surface area contributed by atoms with E-state index in [4.69, 9.17) is 91.6 Å². The maximum atomic E-state index is 15.8. The number of alkyl halides is 11. The quantitative estimate of drug-likeness (QED) is 0.0109. The Bertz CT molecular complexity index is 5280. The number of fused-ring (bicyclic) bond motifs is 4. The fourth-order valence-corrected chi connectivity index (χ4v) is 17.1. The number of carbonyl (C=O) groups excluding carboxylic acids is 5. The second kappa shape index (κ2) is 47.1. The van der Waals surface area contributed by atoms with E-state index >= 15 is 8.78 Å². The Morgan fingerprint density at radius 2 is 0.923 bits per heavy atom. The van der Waals surface area contributed by atoms with Crippen LogP contribution in [0.2, 0.25) is 51.6 Å². The van der Waals surface area contributed by atoms with Crippen molar-refractivity contribution in [2.45, 2.75) is 215 Å². The molecule has 0 saturated carbocycles. The molecular weight excluding hydrogens is 2270 g/mol. The van der Waals surface area contributed by atoms with Crippen molar-refractivity contribution >= 4 is 200 Å². The summed E-state index contributed by atoms with van der Waals surface area (Å²) >= 11 is 35.3. The zero-order valence-electron chi connectivity index (χ0n) is 73.5. The van der Waals surface area contributed by atoms with Gasteiger partial charge in [0.2, 0.25) is 0 Å². The molecule has 0 spiro atoms. The van der Waals surface area contributed by atoms with E-state index in [0.29, 0.717) is 40.6 Å². The zero-order chi connectivity index (χ0) is 98.2. The lowest BCUT2D eigenvalue weighted by Crippen LogP contribution is -2.43. The number of aliphatic hydroxyl groups is 1. The summed E-state index contributed by atoms with van der Waals surface area (Å²) < 4.78 is 195. The molecule has 130 heavy (non-hydrogen) atoms. The number of amides is 1. The Morgan fingerprint density at radius 1 is 0.554 bits per heavy atom. The summed E-state index contributed by atoms with van der Waals surface area (Å²) in [6.45, 7) is 27.1. The average molecular weight is 2360 g/mol. The lowest BCUT2D eigenvalue weighted by molar-refractivity contribution is -0.211. The lowest BCUT2D eigenvalue weighted by atomic mass is 9.94. The van der Waals surface area contributed by atoms with Crippen LogP contribution in [-0.2, 0) is 89.7 Å². The standard InChI is InChI=1S/C28H33Cl2F2N3O5Si.C16H19ClN4O5.C14H21BrF2OSi.C9H9BrF2.C8H7BrF2O.C6H4BrI.C4H5BrF2O2.CO2/c1-26(2,3)41(6,7)37-13-28(31,32)18-12-15(29)8-9-16(18)19(36)20-21-22(40-27(4,5)39-21)25(38-20)35-11-10-17-23(30)33-14-34-24(17)35;1-16(2)25-9-10(14(22)20(3)23-4)24-15(11(9)26-16)21-6-5-8-12(17)18-7-19-13(8)21;1-13(2,3)19(4,5)18-10-14(16,17)11-8-6-7-9-12(11)15;1-2-9(11,12)7-5-3-4-6-8(7)10;9-7-4-2-1-3-6(7)8(10,11)5-12;7-5-3-1-2-4-6(5)8;1-2-9-3(8)4(5,6)7;2-1-3/h8-12,14,20-22,25H,13H2,1-7H3;5-7,9-11,15H,1-4H3;6-9H,10H2,1-5H3;3-6H,2H2,1H3;1-4,12H,5H2;1-4H;2H2,1H3;/t20-,21-,22-,25-;9-,10+,11-,15-;;;;;;/m11....../s1. The van der Waals surface area contributed by atoms with Gasteiger partial charge in [-0.1, -0.05) is 198 Å². The number of rotatable bonds is 20. The largest absolute Gasteiger partial charge is 0.461 e. The van der Waals surface area contributed by atoms with Gasteiger partial charge in [0.15, 0.2) is 58.7 Å². The van der Waals surface area contributed by atoms with Gasteiger partial charge in [-0.2, -0.15) is 44.7 Å². The fourth-order valence-electron chi connectivity index (χ4n) is 12.1. The van der Waals surface area contributed by atoms with E-state index in [2.05, 4.69) is 117 Å².